The number of carboxylic acids is 1. The Balaban J connectivity index is 1.07. The Kier molecular flexibility index (Phi) is 11.0. The van der Waals surface area contributed by atoms with Gasteiger partial charge in [0.25, 0.3) is 35.4 Å². The first-order valence-electron chi connectivity index (χ1n) is 15.8. The van der Waals surface area contributed by atoms with E-state index >= 15 is 0 Å². The van der Waals surface area contributed by atoms with Crippen molar-refractivity contribution >= 4 is 93.9 Å². The molecule has 15 nitrogen and oxygen atoms in total. The molecule has 1 N–H and O–H groups in total. The smallest absolute Gasteiger partial charge is 0.338 e. The van der Waals surface area contributed by atoms with E-state index in [-0.39, 0.29) is 68.3 Å². The van der Waals surface area contributed by atoms with Gasteiger partial charge in [-0.3, -0.25) is 28.8 Å². The second-order valence-electron chi connectivity index (χ2n) is 11.2. The Labute approximate surface area is 313 Å². The SMILES string of the molecule is O=C(O)c1ccc(N2C(=O)C(SCCOC(=O)c3ccc(N4C(=O)C=CC4=O)cc3)=C(SCCOC(=O)c3ccc(N4C(=O)C=CC4=O)cc3)C2=O)cc1. The molecular weight excluding hydrogens is 743 g/mol. The first-order valence-corrected chi connectivity index (χ1v) is 17.8. The fraction of sp³-hybridized carbons (Fsp3) is 0.108. The van der Waals surface area contributed by atoms with E-state index in [1.54, 1.807) is 0 Å². The molecule has 0 unspecified atom stereocenters. The van der Waals surface area contributed by atoms with Crippen LogP contribution in [0, 0.1) is 0 Å². The third-order valence-corrected chi connectivity index (χ3v) is 10.0. The van der Waals surface area contributed by atoms with Gasteiger partial charge in [-0.1, -0.05) is 0 Å². The number of aromatic carboxylic acids is 1. The summed E-state index contributed by atoms with van der Waals surface area (Å²) in [7, 11) is 0. The zero-order valence-corrected chi connectivity index (χ0v) is 29.3. The topological polar surface area (TPSA) is 202 Å². The maximum atomic E-state index is 13.6. The van der Waals surface area contributed by atoms with Crippen LogP contribution in [0.3, 0.4) is 0 Å². The molecule has 0 atom stereocenters. The Hall–Kier alpha value is -6.59. The van der Waals surface area contributed by atoms with Crippen molar-refractivity contribution in [1.82, 2.24) is 0 Å². The van der Waals surface area contributed by atoms with Crippen LogP contribution in [0.2, 0.25) is 0 Å². The van der Waals surface area contributed by atoms with Gasteiger partial charge in [-0.25, -0.2) is 29.1 Å². The van der Waals surface area contributed by atoms with Gasteiger partial charge < -0.3 is 14.6 Å². The molecule has 3 aromatic carbocycles. The van der Waals surface area contributed by atoms with Gasteiger partial charge in [0.1, 0.15) is 13.2 Å². The number of esters is 2. The maximum Gasteiger partial charge on any atom is 0.338 e. The zero-order chi connectivity index (χ0) is 38.5. The van der Waals surface area contributed by atoms with E-state index in [0.29, 0.717) is 0 Å². The van der Waals surface area contributed by atoms with Gasteiger partial charge in [-0.05, 0) is 72.8 Å². The highest BCUT2D eigenvalue weighted by molar-refractivity contribution is 8.08. The molecule has 3 aromatic rings. The monoisotopic (exact) mass is 767 g/mol. The average molecular weight is 768 g/mol. The van der Waals surface area contributed by atoms with Crippen molar-refractivity contribution in [3.63, 3.8) is 0 Å². The molecule has 0 saturated carbocycles. The average Bonchev–Trinajstić information content (AvgIpc) is 3.77. The van der Waals surface area contributed by atoms with Crippen LogP contribution < -0.4 is 14.7 Å². The second-order valence-corrected chi connectivity index (χ2v) is 13.4. The summed E-state index contributed by atoms with van der Waals surface area (Å²) < 4.78 is 10.7. The minimum atomic E-state index is -1.19. The molecule has 0 spiro atoms. The summed E-state index contributed by atoms with van der Waals surface area (Å²) in [5, 5.41) is 9.25. The number of carboxylic acid groups (broad SMARTS) is 1. The summed E-state index contributed by atoms with van der Waals surface area (Å²) in [4.78, 5) is 114. The minimum absolute atomic E-state index is 0.0451. The molecule has 0 bridgehead atoms. The molecule has 0 saturated heterocycles. The van der Waals surface area contributed by atoms with Crippen LogP contribution in [0.5, 0.6) is 0 Å². The number of nitrogens with zero attached hydrogens (tertiary/aromatic N) is 3. The maximum absolute atomic E-state index is 13.6. The van der Waals surface area contributed by atoms with Crippen molar-refractivity contribution < 1.29 is 57.7 Å². The van der Waals surface area contributed by atoms with Crippen LogP contribution >= 0.6 is 23.5 Å². The number of carbonyl (C=O) groups is 9. The van der Waals surface area contributed by atoms with Gasteiger partial charge in [0.2, 0.25) is 0 Å². The number of benzene rings is 3. The number of hydrogen-bond acceptors (Lipinski definition) is 13. The van der Waals surface area contributed by atoms with E-state index in [2.05, 4.69) is 0 Å². The van der Waals surface area contributed by atoms with E-state index in [4.69, 9.17) is 9.47 Å². The number of hydrogen-bond donors (Lipinski definition) is 1. The largest absolute Gasteiger partial charge is 0.478 e. The van der Waals surface area contributed by atoms with Crippen LogP contribution in [-0.2, 0) is 38.2 Å². The summed E-state index contributed by atoms with van der Waals surface area (Å²) in [6.45, 7) is -0.330. The highest BCUT2D eigenvalue weighted by Gasteiger charge is 2.40. The van der Waals surface area contributed by atoms with Crippen LogP contribution in [0.1, 0.15) is 31.1 Å². The number of imide groups is 3. The molecule has 17 heteroatoms. The van der Waals surface area contributed by atoms with E-state index < -0.39 is 53.4 Å². The van der Waals surface area contributed by atoms with Crippen molar-refractivity contribution in [2.45, 2.75) is 0 Å². The number of rotatable bonds is 14. The molecule has 3 aliphatic heterocycles. The van der Waals surface area contributed by atoms with Gasteiger partial charge in [0.15, 0.2) is 0 Å². The third-order valence-electron chi connectivity index (χ3n) is 7.84. The Morgan fingerprint density at radius 2 is 0.796 bits per heavy atom. The Bertz CT molecular complexity index is 2050. The fourth-order valence-corrected chi connectivity index (χ4v) is 7.22. The number of thioether (sulfide) groups is 2. The molecule has 6 amide bonds. The highest BCUT2D eigenvalue weighted by atomic mass is 32.2. The van der Waals surface area contributed by atoms with Crippen molar-refractivity contribution in [1.29, 1.82) is 0 Å². The number of amides is 6. The van der Waals surface area contributed by atoms with Crippen molar-refractivity contribution in [2.75, 3.05) is 39.4 Å². The van der Waals surface area contributed by atoms with E-state index in [9.17, 15) is 48.3 Å². The quantitative estimate of drug-likeness (QED) is 0.142. The molecule has 3 heterocycles. The Morgan fingerprint density at radius 3 is 1.13 bits per heavy atom. The Morgan fingerprint density at radius 1 is 0.481 bits per heavy atom. The summed E-state index contributed by atoms with van der Waals surface area (Å²) in [5.74, 6) is -5.86. The van der Waals surface area contributed by atoms with Crippen molar-refractivity contribution in [2.24, 2.45) is 0 Å². The lowest BCUT2D eigenvalue weighted by molar-refractivity contribution is -0.121. The predicted octanol–water partition coefficient (Wildman–Crippen LogP) is 3.51. The first-order chi connectivity index (χ1) is 25.9. The van der Waals surface area contributed by atoms with Crippen LogP contribution in [0.25, 0.3) is 0 Å². The standard InChI is InChI=1S/C37H25N3O12S2/c41-27-13-14-28(42)38(27)24-9-3-22(4-10-24)36(49)51-17-19-53-31-32(34(46)40(33(31)45)26-7-1-21(2-8-26)35(47)48)54-20-18-52-37(50)23-5-11-25(12-6-23)39-29(43)15-16-30(39)44/h1-16H,17-20H2,(H,47,48). The first kappa shape index (κ1) is 37.2. The van der Waals surface area contributed by atoms with Crippen LogP contribution in [0.15, 0.2) is 107 Å². The summed E-state index contributed by atoms with van der Waals surface area (Å²) in [6, 6.07) is 16.4. The highest BCUT2D eigenvalue weighted by Crippen LogP contribution is 2.39. The zero-order valence-electron chi connectivity index (χ0n) is 27.7. The summed E-state index contributed by atoms with van der Waals surface area (Å²) in [6.07, 6.45) is 4.56. The normalized spacial score (nSPS) is 15.3. The second kappa shape index (κ2) is 16.0. The number of carbonyl (C=O) groups excluding carboxylic acids is 8. The van der Waals surface area contributed by atoms with Gasteiger partial charge in [-0.15, -0.1) is 23.5 Å². The lowest BCUT2D eigenvalue weighted by Gasteiger charge is -2.15. The summed E-state index contributed by atoms with van der Waals surface area (Å²) in [5.41, 5.74) is 0.940. The molecule has 3 aliphatic rings. The third kappa shape index (κ3) is 7.76. The molecular formula is C37H25N3O12S2. The number of anilines is 3. The van der Waals surface area contributed by atoms with E-state index in [1.165, 1.54) is 72.8 Å². The molecule has 0 aromatic heterocycles. The molecule has 0 aliphatic carbocycles. The van der Waals surface area contributed by atoms with Crippen molar-refractivity contribution in [3.05, 3.63) is 124 Å². The van der Waals surface area contributed by atoms with Gasteiger partial charge in [0.05, 0.1) is 43.6 Å². The van der Waals surface area contributed by atoms with E-state index in [0.717, 1.165) is 62.5 Å². The summed E-state index contributed by atoms with van der Waals surface area (Å²) >= 11 is 1.93. The van der Waals surface area contributed by atoms with Crippen LogP contribution in [-0.4, -0.2) is 83.2 Å². The molecule has 54 heavy (non-hydrogen) atoms. The molecule has 6 rings (SSSR count). The van der Waals surface area contributed by atoms with E-state index in [1.807, 2.05) is 0 Å². The number of ether oxygens (including phenoxy) is 2. The molecule has 272 valence electrons. The molecule has 0 radical (unpaired) electrons. The van der Waals surface area contributed by atoms with Gasteiger partial charge in [0, 0.05) is 35.8 Å². The van der Waals surface area contributed by atoms with Gasteiger partial charge >= 0.3 is 17.9 Å². The van der Waals surface area contributed by atoms with Gasteiger partial charge in [-0.2, -0.15) is 0 Å². The lowest BCUT2D eigenvalue weighted by atomic mass is 10.2. The minimum Gasteiger partial charge on any atom is -0.478 e. The molecule has 0 fully saturated rings. The van der Waals surface area contributed by atoms with Crippen LogP contribution in [0.4, 0.5) is 17.1 Å². The van der Waals surface area contributed by atoms with Crippen molar-refractivity contribution in [3.8, 4) is 0 Å². The lowest BCUT2D eigenvalue weighted by Crippen LogP contribution is -2.31. The predicted molar refractivity (Wildman–Crippen MR) is 195 cm³/mol. The fourth-order valence-electron chi connectivity index (χ4n) is 5.26.